The average Bonchev–Trinajstić information content (AvgIpc) is 3.19. The highest BCUT2D eigenvalue weighted by Crippen LogP contribution is 2.57. The van der Waals surface area contributed by atoms with E-state index in [-0.39, 0.29) is 38.1 Å². The van der Waals surface area contributed by atoms with Gasteiger partial charge in [0.25, 0.3) is 5.91 Å². The molecule has 2 saturated heterocycles. The first kappa shape index (κ1) is 25.0. The molecule has 4 aliphatic heterocycles. The normalized spacial score (nSPS) is 34.8. The van der Waals surface area contributed by atoms with Gasteiger partial charge in [0.05, 0.1) is 18.1 Å². The smallest absolute Gasteiger partial charge is 0.313 e. The number of unbranched alkanes of at least 4 members (excludes halogenated alkanes) is 1. The number of aliphatic hydroxyl groups excluding tert-OH is 1. The Kier molecular flexibility index (Phi) is 6.70. The minimum absolute atomic E-state index is 0.0136. The number of amides is 2. The Morgan fingerprint density at radius 3 is 2.58 bits per heavy atom. The van der Waals surface area contributed by atoms with Crippen LogP contribution in [0.5, 0.6) is 0 Å². The van der Waals surface area contributed by atoms with Crippen LogP contribution in [0.4, 0.5) is 5.69 Å². The van der Waals surface area contributed by atoms with Gasteiger partial charge in [-0.1, -0.05) is 35.9 Å². The van der Waals surface area contributed by atoms with Gasteiger partial charge in [-0.3, -0.25) is 14.4 Å². The van der Waals surface area contributed by atoms with E-state index in [9.17, 15) is 19.5 Å². The second-order valence-corrected chi connectivity index (χ2v) is 10.4. The molecule has 5 rings (SSSR count). The van der Waals surface area contributed by atoms with Crippen LogP contribution in [0.1, 0.15) is 32.6 Å². The van der Waals surface area contributed by atoms with Gasteiger partial charge in [-0.05, 0) is 56.9 Å². The predicted molar refractivity (Wildman–Crippen MR) is 133 cm³/mol. The third-order valence-corrected chi connectivity index (χ3v) is 7.95. The van der Waals surface area contributed by atoms with Gasteiger partial charge in [0.1, 0.15) is 17.6 Å². The molecule has 8 nitrogen and oxygen atoms in total. The fourth-order valence-corrected chi connectivity index (χ4v) is 6.25. The van der Waals surface area contributed by atoms with Crippen molar-refractivity contribution in [1.82, 2.24) is 4.90 Å². The van der Waals surface area contributed by atoms with Gasteiger partial charge < -0.3 is 24.4 Å². The van der Waals surface area contributed by atoms with Gasteiger partial charge in [-0.15, -0.1) is 0 Å². The average molecular weight is 515 g/mol. The molecule has 4 heterocycles. The Balaban J connectivity index is 1.61. The molecular formula is C27H31ClN2O6. The number of nitrogens with zero attached hydrogens (tertiary/aromatic N) is 2. The lowest BCUT2D eigenvalue weighted by molar-refractivity contribution is -0.158. The molecule has 1 unspecified atom stereocenters. The number of esters is 1. The topological polar surface area (TPSA) is 96.4 Å². The van der Waals surface area contributed by atoms with Crippen LogP contribution in [0.2, 0.25) is 5.02 Å². The fourth-order valence-electron chi connectivity index (χ4n) is 6.12. The molecule has 36 heavy (non-hydrogen) atoms. The Morgan fingerprint density at radius 2 is 1.83 bits per heavy atom. The number of ether oxygens (including phenoxy) is 2. The summed E-state index contributed by atoms with van der Waals surface area (Å²) in [6.45, 7) is 2.62. The highest BCUT2D eigenvalue weighted by atomic mass is 35.5. The van der Waals surface area contributed by atoms with Gasteiger partial charge in [0, 0.05) is 30.4 Å². The zero-order chi connectivity index (χ0) is 25.5. The van der Waals surface area contributed by atoms with Crippen molar-refractivity contribution in [2.75, 3.05) is 31.2 Å². The number of rotatable bonds is 5. The van der Waals surface area contributed by atoms with E-state index < -0.39 is 35.0 Å². The van der Waals surface area contributed by atoms with Crippen molar-refractivity contribution < 1.29 is 29.0 Å². The number of carbonyl (C=O) groups excluding carboxylic acids is 3. The Labute approximate surface area is 215 Å². The molecular weight excluding hydrogens is 484 g/mol. The number of cyclic esters (lactones) is 1. The van der Waals surface area contributed by atoms with Crippen LogP contribution in [0.3, 0.4) is 0 Å². The van der Waals surface area contributed by atoms with E-state index in [0.717, 1.165) is 6.42 Å². The molecule has 192 valence electrons. The largest absolute Gasteiger partial charge is 0.465 e. The number of fused-ring (bicyclic) bond motifs is 2. The third kappa shape index (κ3) is 3.96. The van der Waals surface area contributed by atoms with Crippen molar-refractivity contribution in [2.24, 2.45) is 11.8 Å². The molecule has 1 aromatic rings. The van der Waals surface area contributed by atoms with Gasteiger partial charge in [0.2, 0.25) is 5.91 Å². The van der Waals surface area contributed by atoms with Crippen molar-refractivity contribution in [3.63, 3.8) is 0 Å². The number of likely N-dealkylation sites (tertiary alicyclic amines) is 1. The van der Waals surface area contributed by atoms with E-state index in [0.29, 0.717) is 30.0 Å². The highest BCUT2D eigenvalue weighted by molar-refractivity contribution is 6.30. The summed E-state index contributed by atoms with van der Waals surface area (Å²) in [6.07, 6.45) is 9.90. The second kappa shape index (κ2) is 9.65. The maximum Gasteiger partial charge on any atom is 0.313 e. The van der Waals surface area contributed by atoms with Gasteiger partial charge in [0.15, 0.2) is 0 Å². The number of anilines is 1. The van der Waals surface area contributed by atoms with Crippen LogP contribution < -0.4 is 4.90 Å². The lowest BCUT2D eigenvalue weighted by Gasteiger charge is -2.37. The quantitative estimate of drug-likeness (QED) is 0.369. The van der Waals surface area contributed by atoms with Crippen LogP contribution in [0.15, 0.2) is 48.6 Å². The summed E-state index contributed by atoms with van der Waals surface area (Å²) >= 11 is 6.07. The number of hydrogen-bond acceptors (Lipinski definition) is 6. The van der Waals surface area contributed by atoms with E-state index in [2.05, 4.69) is 0 Å². The van der Waals surface area contributed by atoms with Crippen LogP contribution in [-0.4, -0.2) is 71.3 Å². The molecule has 1 spiro atoms. The van der Waals surface area contributed by atoms with Crippen LogP contribution in [0, 0.1) is 11.8 Å². The molecule has 2 amide bonds. The van der Waals surface area contributed by atoms with Crippen LogP contribution >= 0.6 is 11.6 Å². The van der Waals surface area contributed by atoms with Gasteiger partial charge in [-0.25, -0.2) is 0 Å². The molecule has 0 saturated carbocycles. The minimum atomic E-state index is -1.32. The van der Waals surface area contributed by atoms with E-state index in [1.165, 1.54) is 0 Å². The summed E-state index contributed by atoms with van der Waals surface area (Å²) in [5.41, 5.74) is -1.77. The summed E-state index contributed by atoms with van der Waals surface area (Å²) in [4.78, 5) is 44.8. The first-order chi connectivity index (χ1) is 17.3. The molecule has 4 aliphatic rings. The van der Waals surface area contributed by atoms with Crippen molar-refractivity contribution in [3.05, 3.63) is 53.6 Å². The maximum absolute atomic E-state index is 14.2. The SMILES string of the molecule is C[C@@]12/C=C\CCCOC(=O)[C@@H]1[C@H]1C(=O)N(CCCCO)C3C(=O)N(c4ccc(Cl)cc4)CC=C[C@@]31O2. The number of benzene rings is 1. The molecule has 1 N–H and O–H groups in total. The second-order valence-electron chi connectivity index (χ2n) is 10.00. The van der Waals surface area contributed by atoms with Crippen molar-refractivity contribution in [3.8, 4) is 0 Å². The monoisotopic (exact) mass is 514 g/mol. The molecule has 0 aliphatic carbocycles. The fraction of sp³-hybridized carbons (Fsp3) is 0.519. The number of carbonyl (C=O) groups is 3. The molecule has 0 aromatic heterocycles. The number of aliphatic hydroxyl groups is 1. The van der Waals surface area contributed by atoms with Crippen molar-refractivity contribution >= 4 is 35.1 Å². The van der Waals surface area contributed by atoms with Gasteiger partial charge in [-0.2, -0.15) is 0 Å². The van der Waals surface area contributed by atoms with Gasteiger partial charge >= 0.3 is 5.97 Å². The first-order valence-electron chi connectivity index (χ1n) is 12.5. The summed E-state index contributed by atoms with van der Waals surface area (Å²) in [5.74, 6) is -2.84. The standard InChI is InChI=1S/C27H31ClN2O6/c1-26-12-3-2-6-17-35-25(34)21(26)20-23(32)30(14-4-5-16-31)22-24(33)29(15-7-13-27(20,22)36-26)19-10-8-18(28)9-11-19/h3,7-13,20-22,31H,2,4-6,14-17H2,1H3/b12-3-/t20-,21-,22?,26+,27-/m0/s1. The number of allylic oxidation sites excluding steroid dienone is 1. The summed E-state index contributed by atoms with van der Waals surface area (Å²) in [7, 11) is 0. The van der Waals surface area contributed by atoms with E-state index in [4.69, 9.17) is 21.1 Å². The lowest BCUT2D eigenvalue weighted by Crippen LogP contribution is -2.56. The van der Waals surface area contributed by atoms with E-state index in [1.807, 2.05) is 24.3 Å². The molecule has 5 atom stereocenters. The van der Waals surface area contributed by atoms with Crippen molar-refractivity contribution in [2.45, 2.75) is 49.9 Å². The lowest BCUT2D eigenvalue weighted by atomic mass is 9.74. The van der Waals surface area contributed by atoms with E-state index >= 15 is 0 Å². The molecule has 0 radical (unpaired) electrons. The van der Waals surface area contributed by atoms with Crippen molar-refractivity contribution in [1.29, 1.82) is 0 Å². The number of halogens is 1. The van der Waals surface area contributed by atoms with E-state index in [1.54, 1.807) is 41.0 Å². The zero-order valence-corrected chi connectivity index (χ0v) is 21.0. The predicted octanol–water partition coefficient (Wildman–Crippen LogP) is 2.88. The molecule has 0 bridgehead atoms. The Morgan fingerprint density at radius 1 is 1.06 bits per heavy atom. The third-order valence-electron chi connectivity index (χ3n) is 7.70. The number of hydrogen-bond donors (Lipinski definition) is 1. The molecule has 2 fully saturated rings. The van der Waals surface area contributed by atoms with Crippen LogP contribution in [-0.2, 0) is 23.9 Å². The first-order valence-corrected chi connectivity index (χ1v) is 12.9. The summed E-state index contributed by atoms with van der Waals surface area (Å²) < 4.78 is 12.3. The highest BCUT2D eigenvalue weighted by Gasteiger charge is 2.74. The Hall–Kier alpha value is -2.68. The Bertz CT molecular complexity index is 1100. The maximum atomic E-state index is 14.2. The minimum Gasteiger partial charge on any atom is -0.465 e. The zero-order valence-electron chi connectivity index (χ0n) is 20.3. The molecule has 9 heteroatoms. The summed E-state index contributed by atoms with van der Waals surface area (Å²) in [5, 5.41) is 9.88. The summed E-state index contributed by atoms with van der Waals surface area (Å²) in [6, 6.07) is 6.01. The molecule has 1 aromatic carbocycles. The van der Waals surface area contributed by atoms with Crippen LogP contribution in [0.25, 0.3) is 0 Å².